The van der Waals surface area contributed by atoms with Crippen LogP contribution in [0.15, 0.2) is 6.20 Å². The summed E-state index contributed by atoms with van der Waals surface area (Å²) in [7, 11) is 3.49. The Morgan fingerprint density at radius 2 is 2.20 bits per heavy atom. The number of esters is 1. The molecule has 0 amide bonds. The Kier molecular flexibility index (Phi) is 2.18. The maximum Gasteiger partial charge on any atom is 0.358 e. The highest BCUT2D eigenvalue weighted by atomic mass is 16.5. The van der Waals surface area contributed by atoms with Gasteiger partial charge < -0.3 is 4.74 Å². The monoisotopic (exact) mass is 208 g/mol. The third kappa shape index (κ3) is 1.38. The van der Waals surface area contributed by atoms with E-state index in [4.69, 9.17) is 4.74 Å². The predicted octanol–water partition coefficient (Wildman–Crippen LogP) is 0.483. The van der Waals surface area contributed by atoms with E-state index in [0.29, 0.717) is 23.3 Å². The number of ether oxygens (including phenoxy) is 1. The van der Waals surface area contributed by atoms with Crippen molar-refractivity contribution in [3.8, 4) is 0 Å². The smallest absolute Gasteiger partial charge is 0.358 e. The second kappa shape index (κ2) is 3.38. The summed E-state index contributed by atoms with van der Waals surface area (Å²) in [5.41, 5.74) is 1.84. The first-order valence-electron chi connectivity index (χ1n) is 4.67. The molecule has 0 N–H and O–H groups in total. The topological polar surface area (TPSA) is 61.9 Å². The molecule has 0 saturated heterocycles. The summed E-state index contributed by atoms with van der Waals surface area (Å²) in [4.78, 5) is 11.7. The van der Waals surface area contributed by atoms with Crippen molar-refractivity contribution >= 4 is 17.0 Å². The third-order valence-electron chi connectivity index (χ3n) is 2.19. The number of fused-ring (bicyclic) bond motifs is 1. The predicted molar refractivity (Wildman–Crippen MR) is 53.4 cm³/mol. The van der Waals surface area contributed by atoms with Gasteiger partial charge in [0.15, 0.2) is 5.69 Å². The van der Waals surface area contributed by atoms with Crippen molar-refractivity contribution in [3.63, 3.8) is 0 Å². The zero-order valence-electron chi connectivity index (χ0n) is 8.89. The molecule has 0 saturated carbocycles. The molecule has 0 aliphatic carbocycles. The van der Waals surface area contributed by atoms with E-state index in [-0.39, 0.29) is 5.97 Å². The van der Waals surface area contributed by atoms with Crippen LogP contribution in [0.5, 0.6) is 0 Å². The second-order valence-corrected chi connectivity index (χ2v) is 3.19. The van der Waals surface area contributed by atoms with Crippen molar-refractivity contribution in [3.05, 3.63) is 11.9 Å². The van der Waals surface area contributed by atoms with Crippen LogP contribution in [0.25, 0.3) is 11.0 Å². The van der Waals surface area contributed by atoms with Crippen LogP contribution in [-0.2, 0) is 18.8 Å². The lowest BCUT2D eigenvalue weighted by Crippen LogP contribution is -2.12. The molecular formula is C9H12N4O2. The molecule has 0 aliphatic heterocycles. The largest absolute Gasteiger partial charge is 0.461 e. The summed E-state index contributed by atoms with van der Waals surface area (Å²) < 4.78 is 8.10. The summed E-state index contributed by atoms with van der Waals surface area (Å²) in [5, 5.41) is 8.20. The van der Waals surface area contributed by atoms with E-state index < -0.39 is 0 Å². The minimum Gasteiger partial charge on any atom is -0.461 e. The first kappa shape index (κ1) is 9.70. The number of rotatable bonds is 2. The van der Waals surface area contributed by atoms with E-state index in [0.717, 1.165) is 0 Å². The highest BCUT2D eigenvalue weighted by Crippen LogP contribution is 2.17. The van der Waals surface area contributed by atoms with E-state index >= 15 is 0 Å². The number of carbonyl (C=O) groups is 1. The van der Waals surface area contributed by atoms with E-state index in [9.17, 15) is 4.79 Å². The minimum atomic E-state index is -0.369. The van der Waals surface area contributed by atoms with Crippen LogP contribution < -0.4 is 0 Å². The molecule has 0 atom stereocenters. The molecule has 2 aromatic heterocycles. The first-order chi connectivity index (χ1) is 7.15. The van der Waals surface area contributed by atoms with Gasteiger partial charge in [0.05, 0.1) is 12.8 Å². The second-order valence-electron chi connectivity index (χ2n) is 3.19. The van der Waals surface area contributed by atoms with Gasteiger partial charge in [-0.3, -0.25) is 9.36 Å². The number of hydrogen-bond acceptors (Lipinski definition) is 4. The van der Waals surface area contributed by atoms with Crippen LogP contribution in [0, 0.1) is 0 Å². The van der Waals surface area contributed by atoms with Crippen molar-refractivity contribution in [2.75, 3.05) is 6.61 Å². The molecule has 0 bridgehead atoms. The van der Waals surface area contributed by atoms with Gasteiger partial charge in [-0.05, 0) is 6.92 Å². The Labute approximate surface area is 86.4 Å². The molecule has 0 aliphatic rings. The first-order valence-corrected chi connectivity index (χ1v) is 4.67. The van der Waals surface area contributed by atoms with Crippen LogP contribution in [0.2, 0.25) is 0 Å². The van der Waals surface area contributed by atoms with Gasteiger partial charge in [0, 0.05) is 14.1 Å². The molecule has 0 radical (unpaired) electrons. The zero-order valence-corrected chi connectivity index (χ0v) is 8.89. The van der Waals surface area contributed by atoms with Gasteiger partial charge in [0.25, 0.3) is 0 Å². The average Bonchev–Trinajstić information content (AvgIpc) is 2.67. The normalized spacial score (nSPS) is 10.9. The standard InChI is InChI=1S/C9H12N4O2/c1-4-15-9(14)8-7-6(11-13(8)3)5-10-12(7)2/h5H,4H2,1-3H3. The lowest BCUT2D eigenvalue weighted by molar-refractivity contribution is 0.0515. The Morgan fingerprint density at radius 3 is 2.87 bits per heavy atom. The van der Waals surface area contributed by atoms with Crippen LogP contribution in [0.3, 0.4) is 0 Å². The van der Waals surface area contributed by atoms with Gasteiger partial charge in [0.2, 0.25) is 0 Å². The van der Waals surface area contributed by atoms with Gasteiger partial charge in [-0.2, -0.15) is 10.2 Å². The van der Waals surface area contributed by atoms with Crippen LogP contribution in [-0.4, -0.2) is 32.1 Å². The molecule has 6 heteroatoms. The summed E-state index contributed by atoms with van der Waals surface area (Å²) in [6, 6.07) is 0. The van der Waals surface area contributed by atoms with Gasteiger partial charge in [0.1, 0.15) is 11.0 Å². The van der Waals surface area contributed by atoms with Crippen molar-refractivity contribution in [2.24, 2.45) is 14.1 Å². The summed E-state index contributed by atoms with van der Waals surface area (Å²) in [6.45, 7) is 2.12. The van der Waals surface area contributed by atoms with E-state index in [1.165, 1.54) is 4.68 Å². The quantitative estimate of drug-likeness (QED) is 0.673. The number of aryl methyl sites for hydroxylation is 2. The van der Waals surface area contributed by atoms with Gasteiger partial charge in [-0.1, -0.05) is 0 Å². The van der Waals surface area contributed by atoms with Crippen molar-refractivity contribution in [1.29, 1.82) is 0 Å². The summed E-state index contributed by atoms with van der Waals surface area (Å²) >= 11 is 0. The highest BCUT2D eigenvalue weighted by Gasteiger charge is 2.20. The SMILES string of the molecule is CCOC(=O)c1c2c(cnn2C)nn1C. The summed E-state index contributed by atoms with van der Waals surface area (Å²) in [6.07, 6.45) is 1.62. The maximum atomic E-state index is 11.7. The van der Waals surface area contributed by atoms with Gasteiger partial charge in [-0.25, -0.2) is 4.79 Å². The molecule has 80 valence electrons. The number of hydrogen-bond donors (Lipinski definition) is 0. The van der Waals surface area contributed by atoms with E-state index in [1.54, 1.807) is 31.9 Å². The van der Waals surface area contributed by atoms with Crippen molar-refractivity contribution in [2.45, 2.75) is 6.92 Å². The summed E-state index contributed by atoms with van der Waals surface area (Å²) in [5.74, 6) is -0.369. The number of nitrogens with zero attached hydrogens (tertiary/aromatic N) is 4. The Hall–Kier alpha value is -1.85. The molecule has 6 nitrogen and oxygen atoms in total. The van der Waals surface area contributed by atoms with Crippen LogP contribution in [0.1, 0.15) is 17.4 Å². The van der Waals surface area contributed by atoms with Crippen molar-refractivity contribution < 1.29 is 9.53 Å². The highest BCUT2D eigenvalue weighted by molar-refractivity contribution is 6.00. The van der Waals surface area contributed by atoms with Crippen LogP contribution in [0.4, 0.5) is 0 Å². The fraction of sp³-hybridized carbons (Fsp3) is 0.444. The molecule has 15 heavy (non-hydrogen) atoms. The number of aromatic nitrogens is 4. The van der Waals surface area contributed by atoms with Crippen LogP contribution >= 0.6 is 0 Å². The van der Waals surface area contributed by atoms with E-state index in [2.05, 4.69) is 10.2 Å². The zero-order chi connectivity index (χ0) is 11.0. The molecule has 0 fully saturated rings. The Bertz CT molecular complexity index is 511. The average molecular weight is 208 g/mol. The fourth-order valence-corrected chi connectivity index (χ4v) is 1.57. The van der Waals surface area contributed by atoms with Gasteiger partial charge in [-0.15, -0.1) is 0 Å². The maximum absolute atomic E-state index is 11.7. The molecule has 2 heterocycles. The number of carbonyl (C=O) groups excluding carboxylic acids is 1. The van der Waals surface area contributed by atoms with E-state index in [1.807, 2.05) is 0 Å². The van der Waals surface area contributed by atoms with Crippen molar-refractivity contribution in [1.82, 2.24) is 19.6 Å². The Morgan fingerprint density at radius 1 is 1.47 bits per heavy atom. The molecule has 0 unspecified atom stereocenters. The molecule has 2 rings (SSSR count). The molecule has 0 spiro atoms. The van der Waals surface area contributed by atoms with Gasteiger partial charge >= 0.3 is 5.97 Å². The molecular weight excluding hydrogens is 196 g/mol. The molecule has 2 aromatic rings. The Balaban J connectivity index is 2.61. The molecule has 0 aromatic carbocycles. The minimum absolute atomic E-state index is 0.351. The lowest BCUT2D eigenvalue weighted by atomic mass is 10.3. The fourth-order valence-electron chi connectivity index (χ4n) is 1.57. The lowest BCUT2D eigenvalue weighted by Gasteiger charge is -2.02. The third-order valence-corrected chi connectivity index (χ3v) is 2.19.